The molecule has 0 aliphatic heterocycles. The van der Waals surface area contributed by atoms with Gasteiger partial charge < -0.3 is 4.74 Å². The second-order valence-corrected chi connectivity index (χ2v) is 7.17. The van der Waals surface area contributed by atoms with Crippen LogP contribution in [-0.2, 0) is 0 Å². The van der Waals surface area contributed by atoms with Gasteiger partial charge in [-0.05, 0) is 86.2 Å². The molecule has 0 heterocycles. The molecule has 0 saturated heterocycles. The second kappa shape index (κ2) is 8.79. The fourth-order valence-electron chi connectivity index (χ4n) is 3.87. The van der Waals surface area contributed by atoms with Crippen molar-refractivity contribution >= 4 is 18.4 Å². The Hall–Kier alpha value is -2.42. The molecular weight excluding hydrogens is 322 g/mol. The van der Waals surface area contributed by atoms with Crippen molar-refractivity contribution in [1.29, 1.82) is 0 Å². The molecule has 0 spiro atoms. The molecule has 1 saturated carbocycles. The minimum Gasteiger partial charge on any atom is -0.423 e. The molecule has 0 bridgehead atoms. The van der Waals surface area contributed by atoms with Crippen LogP contribution in [0.4, 0.5) is 5.69 Å². The minimum atomic E-state index is -0.331. The normalized spacial score (nSPS) is 19.7. The van der Waals surface area contributed by atoms with Gasteiger partial charge in [-0.15, -0.1) is 0 Å². The van der Waals surface area contributed by atoms with E-state index in [0.717, 1.165) is 11.6 Å². The van der Waals surface area contributed by atoms with Crippen molar-refractivity contribution < 1.29 is 9.53 Å². The number of nitrogens with zero attached hydrogens (tertiary/aromatic N) is 1. The van der Waals surface area contributed by atoms with Crippen LogP contribution >= 0.6 is 0 Å². The molecular formula is C23H27NO2. The van der Waals surface area contributed by atoms with E-state index in [1.165, 1.54) is 44.1 Å². The van der Waals surface area contributed by atoms with Gasteiger partial charge in [0.2, 0.25) is 0 Å². The van der Waals surface area contributed by atoms with Gasteiger partial charge in [-0.2, -0.15) is 0 Å². The fourth-order valence-corrected chi connectivity index (χ4v) is 3.87. The number of carbonyl (C=O) groups excluding carboxylic acids is 1. The first kappa shape index (κ1) is 18.4. The Kier molecular flexibility index (Phi) is 6.21. The molecule has 3 heteroatoms. The van der Waals surface area contributed by atoms with Gasteiger partial charge in [0.25, 0.3) is 0 Å². The number of carbonyl (C=O) groups is 1. The maximum atomic E-state index is 12.3. The van der Waals surface area contributed by atoms with Crippen LogP contribution < -0.4 is 4.74 Å². The first-order chi connectivity index (χ1) is 12.7. The molecule has 0 radical (unpaired) electrons. The van der Waals surface area contributed by atoms with E-state index in [1.807, 2.05) is 12.1 Å². The number of rotatable bonds is 6. The van der Waals surface area contributed by atoms with Gasteiger partial charge in [0, 0.05) is 0 Å². The molecule has 0 aromatic heterocycles. The maximum Gasteiger partial charge on any atom is 0.343 e. The molecule has 3 rings (SSSR count). The molecule has 2 aromatic rings. The van der Waals surface area contributed by atoms with Crippen LogP contribution in [0.15, 0.2) is 53.5 Å². The van der Waals surface area contributed by atoms with Gasteiger partial charge in [-0.3, -0.25) is 4.99 Å². The van der Waals surface area contributed by atoms with Crippen LogP contribution in [-0.4, -0.2) is 12.7 Å². The zero-order valence-electron chi connectivity index (χ0n) is 15.5. The zero-order valence-corrected chi connectivity index (χ0v) is 15.5. The molecule has 1 aliphatic carbocycles. The van der Waals surface area contributed by atoms with Crippen molar-refractivity contribution in [1.82, 2.24) is 0 Å². The number of aliphatic imine (C=N–C) groups is 1. The summed E-state index contributed by atoms with van der Waals surface area (Å²) >= 11 is 0. The first-order valence-electron chi connectivity index (χ1n) is 9.58. The summed E-state index contributed by atoms with van der Waals surface area (Å²) in [6.07, 6.45) is 7.84. The molecule has 1 aliphatic rings. The Morgan fingerprint density at radius 1 is 1.04 bits per heavy atom. The molecule has 0 atom stereocenters. The predicted molar refractivity (Wildman–Crippen MR) is 107 cm³/mol. The lowest BCUT2D eigenvalue weighted by atomic mass is 9.77. The standard InChI is InChI=1S/C23H27NO2/c1-3-4-17-5-7-18(8-6-17)19-9-11-20(12-10-19)23(25)26-22-15-13-21(24-2)14-16-22/h9-18H,2-8H2,1H3. The van der Waals surface area contributed by atoms with Gasteiger partial charge in [-0.1, -0.05) is 31.9 Å². The van der Waals surface area contributed by atoms with Crippen molar-refractivity contribution in [3.05, 3.63) is 59.7 Å². The van der Waals surface area contributed by atoms with Crippen LogP contribution in [0.1, 0.15) is 67.3 Å². The Balaban J connectivity index is 1.58. The zero-order chi connectivity index (χ0) is 18.4. The average Bonchev–Trinajstić information content (AvgIpc) is 2.69. The largest absolute Gasteiger partial charge is 0.423 e. The number of hydrogen-bond donors (Lipinski definition) is 0. The lowest BCUT2D eigenvalue weighted by Gasteiger charge is -2.28. The topological polar surface area (TPSA) is 38.7 Å². The van der Waals surface area contributed by atoms with Crippen molar-refractivity contribution in [3.8, 4) is 5.75 Å². The number of hydrogen-bond acceptors (Lipinski definition) is 3. The minimum absolute atomic E-state index is 0.331. The summed E-state index contributed by atoms with van der Waals surface area (Å²) in [7, 11) is 0. The molecule has 0 N–H and O–H groups in total. The first-order valence-corrected chi connectivity index (χ1v) is 9.58. The summed E-state index contributed by atoms with van der Waals surface area (Å²) in [5, 5.41) is 0. The van der Waals surface area contributed by atoms with E-state index in [1.54, 1.807) is 24.3 Å². The summed E-state index contributed by atoms with van der Waals surface area (Å²) in [5.41, 5.74) is 2.68. The highest BCUT2D eigenvalue weighted by Gasteiger charge is 2.22. The van der Waals surface area contributed by atoms with Crippen LogP contribution in [0.3, 0.4) is 0 Å². The van der Waals surface area contributed by atoms with Crippen LogP contribution in [0.2, 0.25) is 0 Å². The van der Waals surface area contributed by atoms with E-state index < -0.39 is 0 Å². The summed E-state index contributed by atoms with van der Waals surface area (Å²) in [6.45, 7) is 5.74. The summed E-state index contributed by atoms with van der Waals surface area (Å²) in [6, 6.07) is 14.9. The van der Waals surface area contributed by atoms with Crippen LogP contribution in [0, 0.1) is 5.92 Å². The predicted octanol–water partition coefficient (Wildman–Crippen LogP) is 6.31. The molecule has 2 aromatic carbocycles. The quantitative estimate of drug-likeness (QED) is 0.348. The lowest BCUT2D eigenvalue weighted by molar-refractivity contribution is 0.0734. The third-order valence-corrected chi connectivity index (χ3v) is 5.39. The Labute approximate surface area is 156 Å². The van der Waals surface area contributed by atoms with Gasteiger partial charge >= 0.3 is 5.97 Å². The Morgan fingerprint density at radius 3 is 2.27 bits per heavy atom. The van der Waals surface area contributed by atoms with Gasteiger partial charge in [0.1, 0.15) is 5.75 Å². The molecule has 136 valence electrons. The highest BCUT2D eigenvalue weighted by molar-refractivity contribution is 5.91. The maximum absolute atomic E-state index is 12.3. The highest BCUT2D eigenvalue weighted by Crippen LogP contribution is 2.37. The van der Waals surface area contributed by atoms with Crippen molar-refractivity contribution in [2.45, 2.75) is 51.4 Å². The molecule has 3 nitrogen and oxygen atoms in total. The van der Waals surface area contributed by atoms with Gasteiger partial charge in [0.05, 0.1) is 11.3 Å². The number of benzene rings is 2. The third kappa shape index (κ3) is 4.60. The van der Waals surface area contributed by atoms with E-state index in [0.29, 0.717) is 17.2 Å². The SMILES string of the molecule is C=Nc1ccc(OC(=O)c2ccc(C3CCC(CCC)CC3)cc2)cc1. The van der Waals surface area contributed by atoms with Gasteiger partial charge in [0.15, 0.2) is 0 Å². The van der Waals surface area contributed by atoms with E-state index >= 15 is 0 Å². The van der Waals surface area contributed by atoms with Crippen LogP contribution in [0.5, 0.6) is 5.75 Å². The molecule has 0 unspecified atom stereocenters. The summed E-state index contributed by atoms with van der Waals surface area (Å²) < 4.78 is 5.43. The number of ether oxygens (including phenoxy) is 1. The summed E-state index contributed by atoms with van der Waals surface area (Å²) in [4.78, 5) is 16.1. The Morgan fingerprint density at radius 2 is 1.69 bits per heavy atom. The molecule has 1 fully saturated rings. The van der Waals surface area contributed by atoms with Crippen molar-refractivity contribution in [2.24, 2.45) is 10.9 Å². The monoisotopic (exact) mass is 349 g/mol. The fraction of sp³-hybridized carbons (Fsp3) is 0.391. The third-order valence-electron chi connectivity index (χ3n) is 5.39. The van der Waals surface area contributed by atoms with E-state index in [-0.39, 0.29) is 5.97 Å². The van der Waals surface area contributed by atoms with E-state index in [9.17, 15) is 4.79 Å². The average molecular weight is 349 g/mol. The molecule has 0 amide bonds. The van der Waals surface area contributed by atoms with Crippen molar-refractivity contribution in [3.63, 3.8) is 0 Å². The van der Waals surface area contributed by atoms with Crippen molar-refractivity contribution in [2.75, 3.05) is 0 Å². The van der Waals surface area contributed by atoms with E-state index in [4.69, 9.17) is 4.74 Å². The van der Waals surface area contributed by atoms with E-state index in [2.05, 4.69) is 30.8 Å². The number of esters is 1. The summed E-state index contributed by atoms with van der Waals surface area (Å²) in [5.74, 6) is 1.73. The second-order valence-electron chi connectivity index (χ2n) is 7.17. The highest BCUT2D eigenvalue weighted by atomic mass is 16.5. The van der Waals surface area contributed by atoms with Crippen LogP contribution in [0.25, 0.3) is 0 Å². The lowest BCUT2D eigenvalue weighted by Crippen LogP contribution is -2.13. The smallest absolute Gasteiger partial charge is 0.343 e. The van der Waals surface area contributed by atoms with Gasteiger partial charge in [-0.25, -0.2) is 4.79 Å². The molecule has 26 heavy (non-hydrogen) atoms. The Bertz CT molecular complexity index is 726.